The van der Waals surface area contributed by atoms with Crippen LogP contribution in [0.4, 0.5) is 4.39 Å². The van der Waals surface area contributed by atoms with Crippen molar-refractivity contribution in [3.63, 3.8) is 0 Å². The highest BCUT2D eigenvalue weighted by Gasteiger charge is 2.32. The Hall–Kier alpha value is -1.99. The number of nitrogens with zero attached hydrogens (tertiary/aromatic N) is 2. The molecule has 0 aliphatic carbocycles. The highest BCUT2D eigenvalue weighted by atomic mass is 19.1. The molecule has 2 unspecified atom stereocenters. The SMILES string of the molecule is CC(C(=O)NCc1ccc(F)cc1)N1CCN(C2CCCCNC2=O)CC1. The van der Waals surface area contributed by atoms with Crippen molar-refractivity contribution in [1.82, 2.24) is 20.4 Å². The van der Waals surface area contributed by atoms with E-state index in [1.165, 1.54) is 12.1 Å². The van der Waals surface area contributed by atoms with Crippen molar-refractivity contribution < 1.29 is 14.0 Å². The van der Waals surface area contributed by atoms with Gasteiger partial charge in [0, 0.05) is 39.3 Å². The van der Waals surface area contributed by atoms with Crippen LogP contribution in [0.25, 0.3) is 0 Å². The first-order valence-electron chi connectivity index (χ1n) is 9.82. The largest absolute Gasteiger partial charge is 0.355 e. The second kappa shape index (κ2) is 9.28. The maximum Gasteiger partial charge on any atom is 0.237 e. The van der Waals surface area contributed by atoms with Crippen molar-refractivity contribution in [3.05, 3.63) is 35.6 Å². The second-order valence-corrected chi connectivity index (χ2v) is 7.39. The highest BCUT2D eigenvalue weighted by Crippen LogP contribution is 2.16. The number of nitrogens with one attached hydrogen (secondary N) is 2. The minimum atomic E-state index is -0.279. The van der Waals surface area contributed by atoms with Gasteiger partial charge in [0.15, 0.2) is 0 Å². The summed E-state index contributed by atoms with van der Waals surface area (Å²) in [5.41, 5.74) is 0.876. The number of carbonyl (C=O) groups is 2. The lowest BCUT2D eigenvalue weighted by molar-refractivity contribution is -0.130. The van der Waals surface area contributed by atoms with Crippen LogP contribution in [-0.4, -0.2) is 66.4 Å². The van der Waals surface area contributed by atoms with Gasteiger partial charge < -0.3 is 10.6 Å². The zero-order valence-electron chi connectivity index (χ0n) is 15.9. The van der Waals surface area contributed by atoms with Gasteiger partial charge in [0.2, 0.25) is 11.8 Å². The third-order valence-corrected chi connectivity index (χ3v) is 5.60. The lowest BCUT2D eigenvalue weighted by Crippen LogP contribution is -2.57. The molecule has 2 aliphatic rings. The maximum atomic E-state index is 12.9. The molecule has 2 atom stereocenters. The summed E-state index contributed by atoms with van der Waals surface area (Å²) in [6, 6.07) is 5.89. The molecule has 2 fully saturated rings. The first kappa shape index (κ1) is 19.8. The molecule has 2 amide bonds. The van der Waals surface area contributed by atoms with E-state index in [-0.39, 0.29) is 29.7 Å². The number of carbonyl (C=O) groups excluding carboxylic acids is 2. The fourth-order valence-corrected chi connectivity index (χ4v) is 3.81. The average Bonchev–Trinajstić information content (AvgIpc) is 2.91. The smallest absolute Gasteiger partial charge is 0.237 e. The Bertz CT molecular complexity index is 644. The van der Waals surface area contributed by atoms with E-state index in [4.69, 9.17) is 0 Å². The van der Waals surface area contributed by atoms with Crippen LogP contribution in [0.1, 0.15) is 31.7 Å². The van der Waals surface area contributed by atoms with Crippen LogP contribution < -0.4 is 10.6 Å². The van der Waals surface area contributed by atoms with Gasteiger partial charge in [-0.15, -0.1) is 0 Å². The molecule has 0 aromatic heterocycles. The van der Waals surface area contributed by atoms with Gasteiger partial charge in [-0.05, 0) is 43.9 Å². The van der Waals surface area contributed by atoms with E-state index in [0.717, 1.165) is 57.5 Å². The van der Waals surface area contributed by atoms with Gasteiger partial charge in [-0.3, -0.25) is 19.4 Å². The molecule has 1 aromatic rings. The van der Waals surface area contributed by atoms with Crippen LogP contribution in [0.15, 0.2) is 24.3 Å². The minimum Gasteiger partial charge on any atom is -0.355 e. The Morgan fingerprint density at radius 3 is 2.63 bits per heavy atom. The summed E-state index contributed by atoms with van der Waals surface area (Å²) in [6.45, 7) is 6.23. The van der Waals surface area contributed by atoms with Crippen molar-refractivity contribution >= 4 is 11.8 Å². The minimum absolute atomic E-state index is 0.0278. The molecule has 6 nitrogen and oxygen atoms in total. The summed E-state index contributed by atoms with van der Waals surface area (Å²) in [5.74, 6) is -0.162. The van der Waals surface area contributed by atoms with Gasteiger partial charge in [0.25, 0.3) is 0 Å². The molecule has 2 heterocycles. The molecule has 0 bridgehead atoms. The molecule has 0 radical (unpaired) electrons. The molecule has 0 saturated carbocycles. The van der Waals surface area contributed by atoms with Gasteiger partial charge in [-0.2, -0.15) is 0 Å². The molecule has 0 spiro atoms. The number of amides is 2. The predicted octanol–water partition coefficient (Wildman–Crippen LogP) is 1.12. The number of benzene rings is 1. The van der Waals surface area contributed by atoms with Crippen LogP contribution in [0.2, 0.25) is 0 Å². The Kier molecular flexibility index (Phi) is 6.79. The van der Waals surface area contributed by atoms with Crippen LogP contribution in [0.5, 0.6) is 0 Å². The molecule has 2 N–H and O–H groups in total. The third-order valence-electron chi connectivity index (χ3n) is 5.60. The number of halogens is 1. The molecule has 27 heavy (non-hydrogen) atoms. The molecular weight excluding hydrogens is 347 g/mol. The predicted molar refractivity (Wildman–Crippen MR) is 102 cm³/mol. The van der Waals surface area contributed by atoms with E-state index in [2.05, 4.69) is 20.4 Å². The van der Waals surface area contributed by atoms with Crippen molar-refractivity contribution in [2.24, 2.45) is 0 Å². The van der Waals surface area contributed by atoms with Crippen molar-refractivity contribution in [2.75, 3.05) is 32.7 Å². The van der Waals surface area contributed by atoms with Crippen LogP contribution >= 0.6 is 0 Å². The van der Waals surface area contributed by atoms with Gasteiger partial charge in [-0.1, -0.05) is 12.1 Å². The molecule has 7 heteroatoms. The highest BCUT2D eigenvalue weighted by molar-refractivity contribution is 5.82. The number of hydrogen-bond acceptors (Lipinski definition) is 4. The summed E-state index contributed by atoms with van der Waals surface area (Å²) < 4.78 is 12.9. The average molecular weight is 376 g/mol. The number of piperazine rings is 1. The zero-order chi connectivity index (χ0) is 19.2. The lowest BCUT2D eigenvalue weighted by atomic mass is 10.1. The summed E-state index contributed by atoms with van der Waals surface area (Å²) in [6.07, 6.45) is 3.04. The summed E-state index contributed by atoms with van der Waals surface area (Å²) in [7, 11) is 0. The second-order valence-electron chi connectivity index (χ2n) is 7.39. The Morgan fingerprint density at radius 1 is 1.22 bits per heavy atom. The number of hydrogen-bond donors (Lipinski definition) is 2. The van der Waals surface area contributed by atoms with E-state index in [0.29, 0.717) is 6.54 Å². The Balaban J connectivity index is 1.45. The Labute approximate surface area is 160 Å². The fourth-order valence-electron chi connectivity index (χ4n) is 3.81. The van der Waals surface area contributed by atoms with E-state index in [1.54, 1.807) is 12.1 Å². The monoisotopic (exact) mass is 376 g/mol. The third kappa shape index (κ3) is 5.26. The standard InChI is InChI=1S/C20H29FN4O2/c1-15(19(26)23-14-16-5-7-17(21)8-6-16)24-10-12-25(13-11-24)18-4-2-3-9-22-20(18)27/h5-8,15,18H,2-4,9-14H2,1H3,(H,22,27)(H,23,26). The van der Waals surface area contributed by atoms with Crippen molar-refractivity contribution in [3.8, 4) is 0 Å². The molecule has 2 saturated heterocycles. The summed E-state index contributed by atoms with van der Waals surface area (Å²) in [4.78, 5) is 29.1. The molecule has 2 aliphatic heterocycles. The Morgan fingerprint density at radius 2 is 1.93 bits per heavy atom. The van der Waals surface area contributed by atoms with Gasteiger partial charge in [0.05, 0.1) is 12.1 Å². The molecule has 1 aromatic carbocycles. The normalized spacial score (nSPS) is 23.3. The topological polar surface area (TPSA) is 64.7 Å². The maximum absolute atomic E-state index is 12.9. The van der Waals surface area contributed by atoms with Crippen LogP contribution in [0, 0.1) is 5.82 Å². The van der Waals surface area contributed by atoms with Crippen molar-refractivity contribution in [2.45, 2.75) is 44.8 Å². The molecular formula is C20H29FN4O2. The molecule has 3 rings (SSSR count). The van der Waals surface area contributed by atoms with Gasteiger partial charge in [0.1, 0.15) is 5.82 Å². The summed E-state index contributed by atoms with van der Waals surface area (Å²) >= 11 is 0. The first-order chi connectivity index (χ1) is 13.0. The van der Waals surface area contributed by atoms with Gasteiger partial charge in [-0.25, -0.2) is 4.39 Å². The van der Waals surface area contributed by atoms with E-state index < -0.39 is 0 Å². The lowest BCUT2D eigenvalue weighted by Gasteiger charge is -2.40. The quantitative estimate of drug-likeness (QED) is 0.808. The van der Waals surface area contributed by atoms with Crippen molar-refractivity contribution in [1.29, 1.82) is 0 Å². The van der Waals surface area contributed by atoms with Crippen LogP contribution in [0.3, 0.4) is 0 Å². The molecule has 148 valence electrons. The fraction of sp³-hybridized carbons (Fsp3) is 0.600. The first-order valence-corrected chi connectivity index (χ1v) is 9.82. The number of rotatable bonds is 5. The van der Waals surface area contributed by atoms with Gasteiger partial charge >= 0.3 is 0 Å². The summed E-state index contributed by atoms with van der Waals surface area (Å²) in [5, 5.41) is 5.92. The van der Waals surface area contributed by atoms with Crippen LogP contribution in [-0.2, 0) is 16.1 Å². The van der Waals surface area contributed by atoms with E-state index in [1.807, 2.05) is 6.92 Å². The zero-order valence-corrected chi connectivity index (χ0v) is 15.9. The van der Waals surface area contributed by atoms with E-state index >= 15 is 0 Å². The van der Waals surface area contributed by atoms with E-state index in [9.17, 15) is 14.0 Å².